The van der Waals surface area contributed by atoms with Crippen molar-refractivity contribution in [2.75, 3.05) is 4.90 Å². The van der Waals surface area contributed by atoms with Gasteiger partial charge in [-0.05, 0) is 76.9 Å². The van der Waals surface area contributed by atoms with Crippen molar-refractivity contribution in [3.63, 3.8) is 0 Å². The lowest BCUT2D eigenvalue weighted by Crippen LogP contribution is -2.16. The molecular formula is C40H28N2OS. The van der Waals surface area contributed by atoms with Gasteiger partial charge in [-0.3, -0.25) is 0 Å². The minimum absolute atomic E-state index is 0.0993. The summed E-state index contributed by atoms with van der Waals surface area (Å²) in [4.78, 5) is 7.32. The Morgan fingerprint density at radius 3 is 2.27 bits per heavy atom. The molecule has 9 rings (SSSR count). The SMILES string of the molecule is CC1(C)c2ccccc2-c2ccc(N(c3ccc4oc(-c5ccccc5)nc4c3)c3cccc4c3sc3ccccc34)cc21. The Hall–Kier alpha value is -5.19. The summed E-state index contributed by atoms with van der Waals surface area (Å²) in [5, 5.41) is 2.56. The number of aromatic nitrogens is 1. The quantitative estimate of drug-likeness (QED) is 0.206. The fourth-order valence-electron chi connectivity index (χ4n) is 6.93. The second-order valence-electron chi connectivity index (χ2n) is 12.0. The molecule has 44 heavy (non-hydrogen) atoms. The van der Waals surface area contributed by atoms with Gasteiger partial charge >= 0.3 is 0 Å². The number of thiophene rings is 1. The van der Waals surface area contributed by atoms with Gasteiger partial charge in [0.05, 0.1) is 10.4 Å². The van der Waals surface area contributed by atoms with E-state index in [-0.39, 0.29) is 5.41 Å². The first kappa shape index (κ1) is 25.3. The summed E-state index contributed by atoms with van der Waals surface area (Å²) in [6.45, 7) is 4.68. The highest BCUT2D eigenvalue weighted by Gasteiger charge is 2.36. The van der Waals surface area contributed by atoms with E-state index in [2.05, 4.69) is 122 Å². The summed E-state index contributed by atoms with van der Waals surface area (Å²) in [5.41, 5.74) is 11.2. The van der Waals surface area contributed by atoms with E-state index in [9.17, 15) is 0 Å². The molecule has 2 heterocycles. The smallest absolute Gasteiger partial charge is 0.227 e. The zero-order valence-electron chi connectivity index (χ0n) is 24.4. The van der Waals surface area contributed by atoms with Crippen LogP contribution in [0.1, 0.15) is 25.0 Å². The van der Waals surface area contributed by atoms with Crippen molar-refractivity contribution in [2.24, 2.45) is 0 Å². The van der Waals surface area contributed by atoms with E-state index in [4.69, 9.17) is 9.40 Å². The van der Waals surface area contributed by atoms with E-state index in [1.165, 1.54) is 42.4 Å². The van der Waals surface area contributed by atoms with Crippen molar-refractivity contribution in [3.05, 3.63) is 145 Å². The van der Waals surface area contributed by atoms with Crippen LogP contribution < -0.4 is 4.90 Å². The third kappa shape index (κ3) is 3.71. The molecule has 1 aliphatic carbocycles. The molecule has 0 radical (unpaired) electrons. The molecule has 210 valence electrons. The maximum absolute atomic E-state index is 6.21. The molecule has 0 saturated carbocycles. The Morgan fingerprint density at radius 1 is 0.636 bits per heavy atom. The van der Waals surface area contributed by atoms with Gasteiger partial charge in [0, 0.05) is 37.8 Å². The number of hydrogen-bond acceptors (Lipinski definition) is 4. The van der Waals surface area contributed by atoms with Crippen molar-refractivity contribution < 1.29 is 4.42 Å². The Morgan fingerprint density at radius 2 is 1.36 bits per heavy atom. The maximum atomic E-state index is 6.21. The molecule has 0 fully saturated rings. The summed E-state index contributed by atoms with van der Waals surface area (Å²) in [7, 11) is 0. The number of rotatable bonds is 4. The van der Waals surface area contributed by atoms with Crippen LogP contribution in [0.2, 0.25) is 0 Å². The number of benzene rings is 6. The number of oxazole rings is 1. The lowest BCUT2D eigenvalue weighted by Gasteiger charge is -2.28. The molecule has 4 heteroatoms. The van der Waals surface area contributed by atoms with Crippen LogP contribution in [0.15, 0.2) is 138 Å². The van der Waals surface area contributed by atoms with E-state index in [0.29, 0.717) is 5.89 Å². The van der Waals surface area contributed by atoms with Gasteiger partial charge in [0.2, 0.25) is 5.89 Å². The predicted octanol–water partition coefficient (Wildman–Crippen LogP) is 11.6. The normalized spacial score (nSPS) is 13.4. The average molecular weight is 585 g/mol. The van der Waals surface area contributed by atoms with Crippen molar-refractivity contribution in [2.45, 2.75) is 19.3 Å². The zero-order valence-corrected chi connectivity index (χ0v) is 25.2. The summed E-state index contributed by atoms with van der Waals surface area (Å²) in [5.74, 6) is 0.632. The molecule has 2 aromatic heterocycles. The molecule has 1 aliphatic rings. The molecule has 0 aliphatic heterocycles. The van der Waals surface area contributed by atoms with Crippen LogP contribution in [0.25, 0.3) is 53.9 Å². The second kappa shape index (κ2) is 9.40. The fraction of sp³-hybridized carbons (Fsp3) is 0.0750. The summed E-state index contributed by atoms with van der Waals surface area (Å²) in [6, 6.07) is 47.6. The maximum Gasteiger partial charge on any atom is 0.227 e. The van der Waals surface area contributed by atoms with E-state index >= 15 is 0 Å². The van der Waals surface area contributed by atoms with Gasteiger partial charge in [0.1, 0.15) is 5.52 Å². The lowest BCUT2D eigenvalue weighted by molar-refractivity contribution is 0.620. The number of fused-ring (bicyclic) bond motifs is 7. The van der Waals surface area contributed by atoms with E-state index in [1.54, 1.807) is 0 Å². The van der Waals surface area contributed by atoms with Crippen molar-refractivity contribution in [1.29, 1.82) is 0 Å². The topological polar surface area (TPSA) is 29.3 Å². The van der Waals surface area contributed by atoms with Crippen molar-refractivity contribution in [3.8, 4) is 22.6 Å². The van der Waals surface area contributed by atoms with Gasteiger partial charge in [-0.15, -0.1) is 11.3 Å². The Kier molecular flexibility index (Phi) is 5.41. The lowest BCUT2D eigenvalue weighted by atomic mass is 9.82. The first-order chi connectivity index (χ1) is 21.6. The van der Waals surface area contributed by atoms with E-state index in [1.807, 2.05) is 41.7 Å². The van der Waals surface area contributed by atoms with E-state index < -0.39 is 0 Å². The van der Waals surface area contributed by atoms with Crippen LogP contribution in [0.5, 0.6) is 0 Å². The molecule has 3 nitrogen and oxygen atoms in total. The van der Waals surface area contributed by atoms with Crippen LogP contribution in [0.4, 0.5) is 17.1 Å². The predicted molar refractivity (Wildman–Crippen MR) is 185 cm³/mol. The zero-order chi connectivity index (χ0) is 29.4. The van der Waals surface area contributed by atoms with Gasteiger partial charge < -0.3 is 9.32 Å². The molecule has 0 spiro atoms. The van der Waals surface area contributed by atoms with Gasteiger partial charge in [0.25, 0.3) is 0 Å². The largest absolute Gasteiger partial charge is 0.436 e. The fourth-order valence-corrected chi connectivity index (χ4v) is 8.13. The van der Waals surface area contributed by atoms with Crippen molar-refractivity contribution >= 4 is 59.7 Å². The van der Waals surface area contributed by atoms with Crippen LogP contribution in [-0.2, 0) is 5.41 Å². The van der Waals surface area contributed by atoms with Crippen LogP contribution >= 0.6 is 11.3 Å². The monoisotopic (exact) mass is 584 g/mol. The Bertz CT molecular complexity index is 2380. The Labute approximate surface area is 259 Å². The highest BCUT2D eigenvalue weighted by Crippen LogP contribution is 2.51. The molecule has 0 bridgehead atoms. The van der Waals surface area contributed by atoms with Crippen LogP contribution in [0.3, 0.4) is 0 Å². The third-order valence-corrected chi connectivity index (χ3v) is 10.3. The molecule has 0 atom stereocenters. The van der Waals surface area contributed by atoms with E-state index in [0.717, 1.165) is 33.7 Å². The molecule has 0 saturated heterocycles. The first-order valence-corrected chi connectivity index (χ1v) is 15.8. The highest BCUT2D eigenvalue weighted by molar-refractivity contribution is 7.26. The first-order valence-electron chi connectivity index (χ1n) is 15.0. The third-order valence-electron chi connectivity index (χ3n) is 9.10. The van der Waals surface area contributed by atoms with Crippen LogP contribution in [0, 0.1) is 0 Å². The molecule has 0 amide bonds. The van der Waals surface area contributed by atoms with Crippen molar-refractivity contribution in [1.82, 2.24) is 4.98 Å². The molecule has 0 N–H and O–H groups in total. The molecule has 8 aromatic rings. The van der Waals surface area contributed by atoms with Gasteiger partial charge in [-0.25, -0.2) is 4.98 Å². The van der Waals surface area contributed by atoms with Gasteiger partial charge in [0.15, 0.2) is 5.58 Å². The molecular weight excluding hydrogens is 557 g/mol. The van der Waals surface area contributed by atoms with Gasteiger partial charge in [-0.2, -0.15) is 0 Å². The van der Waals surface area contributed by atoms with Crippen LogP contribution in [-0.4, -0.2) is 4.98 Å². The molecule has 6 aromatic carbocycles. The average Bonchev–Trinajstić information content (AvgIpc) is 3.73. The number of nitrogens with zero attached hydrogens (tertiary/aromatic N) is 2. The highest BCUT2D eigenvalue weighted by atomic mass is 32.1. The summed E-state index contributed by atoms with van der Waals surface area (Å²) >= 11 is 1.85. The number of anilines is 3. The summed E-state index contributed by atoms with van der Waals surface area (Å²) in [6.07, 6.45) is 0. The molecule has 0 unspecified atom stereocenters. The minimum Gasteiger partial charge on any atom is -0.436 e. The standard InChI is InChI=1S/C40H28N2OS/c1-40(2)32-16-8-6-13-28(32)29-21-19-26(23-33(29)40)42(35-17-10-15-31-30-14-7-9-18-37(30)44-38(31)35)27-20-22-36-34(24-27)41-39(43-36)25-11-4-3-5-12-25/h3-24H,1-2H3. The second-order valence-corrected chi connectivity index (χ2v) is 13.1. The number of hydrogen-bond donors (Lipinski definition) is 0. The summed E-state index contributed by atoms with van der Waals surface area (Å²) < 4.78 is 8.76. The minimum atomic E-state index is -0.0993. The Balaban J connectivity index is 1.28. The van der Waals surface area contributed by atoms with Gasteiger partial charge in [-0.1, -0.05) is 92.7 Å².